The molecule has 4 rings (SSSR count). The molecule has 2 amide bonds. The van der Waals surface area contributed by atoms with Gasteiger partial charge in [0.05, 0.1) is 25.2 Å². The van der Waals surface area contributed by atoms with Crippen molar-refractivity contribution in [3.8, 4) is 0 Å². The number of morpholine rings is 1. The number of carbonyl (C=O) groups excluding carboxylic acids is 3. The number of hydrogen-bond donors (Lipinski definition) is 0. The second kappa shape index (κ2) is 6.72. The highest BCUT2D eigenvalue weighted by atomic mass is 16.5. The van der Waals surface area contributed by atoms with Crippen LogP contribution >= 0.6 is 0 Å². The minimum absolute atomic E-state index is 0.0374. The first kappa shape index (κ1) is 17.0. The van der Waals surface area contributed by atoms with Crippen LogP contribution in [0.25, 0.3) is 0 Å². The molecule has 3 aliphatic heterocycles. The Morgan fingerprint density at radius 1 is 1.00 bits per heavy atom. The Morgan fingerprint density at radius 3 is 2.35 bits per heavy atom. The van der Waals surface area contributed by atoms with Crippen LogP contribution in [-0.2, 0) is 30.4 Å². The number of fused-ring (bicyclic) bond motifs is 3. The molecule has 138 valence electrons. The zero-order chi connectivity index (χ0) is 18.3. The Hall–Kier alpha value is -2.41. The molecule has 3 aliphatic rings. The fourth-order valence-electron chi connectivity index (χ4n) is 4.16. The van der Waals surface area contributed by atoms with Gasteiger partial charge in [-0.15, -0.1) is 0 Å². The number of amides is 2. The van der Waals surface area contributed by atoms with E-state index in [0.29, 0.717) is 19.6 Å². The third kappa shape index (κ3) is 2.96. The van der Waals surface area contributed by atoms with Gasteiger partial charge in [0, 0.05) is 26.2 Å². The highest BCUT2D eigenvalue weighted by Gasteiger charge is 2.40. The van der Waals surface area contributed by atoms with E-state index in [-0.39, 0.29) is 18.8 Å². The van der Waals surface area contributed by atoms with Crippen molar-refractivity contribution < 1.29 is 23.9 Å². The van der Waals surface area contributed by atoms with Crippen molar-refractivity contribution in [1.82, 2.24) is 9.80 Å². The van der Waals surface area contributed by atoms with Crippen molar-refractivity contribution >= 4 is 17.8 Å². The molecule has 1 aromatic rings. The molecular formula is C19H22N2O5. The van der Waals surface area contributed by atoms with Gasteiger partial charge >= 0.3 is 17.8 Å². The van der Waals surface area contributed by atoms with E-state index in [9.17, 15) is 14.4 Å². The number of hydrogen-bond acceptors (Lipinski definition) is 5. The third-order valence-corrected chi connectivity index (χ3v) is 5.48. The second-order valence-electron chi connectivity index (χ2n) is 7.13. The van der Waals surface area contributed by atoms with Crippen molar-refractivity contribution in [3.05, 3.63) is 35.4 Å². The Kier molecular flexibility index (Phi) is 4.40. The van der Waals surface area contributed by atoms with Crippen LogP contribution in [0.2, 0.25) is 0 Å². The molecule has 3 heterocycles. The van der Waals surface area contributed by atoms with Crippen LogP contribution in [0.3, 0.4) is 0 Å². The number of carbonyl (C=O) groups is 3. The van der Waals surface area contributed by atoms with Crippen LogP contribution in [-0.4, -0.2) is 66.5 Å². The highest BCUT2D eigenvalue weighted by molar-refractivity contribution is 6.35. The molecular weight excluding hydrogens is 336 g/mol. The monoisotopic (exact) mass is 358 g/mol. The second-order valence-corrected chi connectivity index (χ2v) is 7.13. The summed E-state index contributed by atoms with van der Waals surface area (Å²) in [4.78, 5) is 40.8. The standard InChI is InChI=1S/C19H22N2O5/c1-25-19(24)16-11-20(8-12-4-2-3-5-15(12)16)17(22)18(23)21-9-13-6-7-14(10-21)26-13/h2-5,13-14,16H,6-11H2,1H3. The van der Waals surface area contributed by atoms with Crippen LogP contribution in [0, 0.1) is 0 Å². The Balaban J connectivity index is 1.53. The smallest absolute Gasteiger partial charge is 0.314 e. The van der Waals surface area contributed by atoms with Gasteiger partial charge < -0.3 is 19.3 Å². The van der Waals surface area contributed by atoms with Crippen molar-refractivity contribution in [2.45, 2.75) is 37.5 Å². The van der Waals surface area contributed by atoms with Crippen molar-refractivity contribution in [2.24, 2.45) is 0 Å². The summed E-state index contributed by atoms with van der Waals surface area (Å²) >= 11 is 0. The van der Waals surface area contributed by atoms with Crippen LogP contribution in [0.1, 0.15) is 29.9 Å². The third-order valence-electron chi connectivity index (χ3n) is 5.48. The molecule has 2 fully saturated rings. The van der Waals surface area contributed by atoms with Crippen LogP contribution < -0.4 is 0 Å². The minimum Gasteiger partial charge on any atom is -0.468 e. The average Bonchev–Trinajstić information content (AvgIpc) is 3.02. The van der Waals surface area contributed by atoms with Crippen molar-refractivity contribution in [1.29, 1.82) is 0 Å². The molecule has 0 aromatic heterocycles. The van der Waals surface area contributed by atoms with Gasteiger partial charge in [0.1, 0.15) is 0 Å². The minimum atomic E-state index is -0.567. The predicted molar refractivity (Wildman–Crippen MR) is 91.1 cm³/mol. The van der Waals surface area contributed by atoms with E-state index in [1.165, 1.54) is 12.0 Å². The molecule has 0 N–H and O–H groups in total. The summed E-state index contributed by atoms with van der Waals surface area (Å²) < 4.78 is 10.6. The number of esters is 1. The molecule has 0 spiro atoms. The zero-order valence-corrected chi connectivity index (χ0v) is 14.7. The van der Waals surface area contributed by atoms with E-state index in [1.807, 2.05) is 24.3 Å². The van der Waals surface area contributed by atoms with Gasteiger partial charge in [-0.3, -0.25) is 14.4 Å². The van der Waals surface area contributed by atoms with E-state index in [0.717, 1.165) is 24.0 Å². The summed E-state index contributed by atoms with van der Waals surface area (Å²) in [5, 5.41) is 0. The number of rotatable bonds is 1. The summed E-state index contributed by atoms with van der Waals surface area (Å²) in [7, 11) is 1.33. The molecule has 0 saturated carbocycles. The summed E-state index contributed by atoms with van der Waals surface area (Å²) in [6, 6.07) is 7.48. The van der Waals surface area contributed by atoms with Gasteiger partial charge in [0.25, 0.3) is 0 Å². The molecule has 0 aliphatic carbocycles. The van der Waals surface area contributed by atoms with E-state index in [1.54, 1.807) is 4.90 Å². The summed E-state index contributed by atoms with van der Waals surface area (Å²) in [6.07, 6.45) is 1.94. The van der Waals surface area contributed by atoms with Crippen LogP contribution in [0.15, 0.2) is 24.3 Å². The Bertz CT molecular complexity index is 737. The first-order chi connectivity index (χ1) is 12.6. The van der Waals surface area contributed by atoms with Gasteiger partial charge in [-0.05, 0) is 24.0 Å². The van der Waals surface area contributed by atoms with Gasteiger partial charge in [0.15, 0.2) is 0 Å². The molecule has 2 bridgehead atoms. The first-order valence-corrected chi connectivity index (χ1v) is 8.96. The van der Waals surface area contributed by atoms with E-state index >= 15 is 0 Å². The molecule has 7 nitrogen and oxygen atoms in total. The lowest BCUT2D eigenvalue weighted by molar-refractivity contribution is -0.158. The summed E-state index contributed by atoms with van der Waals surface area (Å²) in [5.41, 5.74) is 1.73. The van der Waals surface area contributed by atoms with Gasteiger partial charge in [-0.25, -0.2) is 0 Å². The lowest BCUT2D eigenvalue weighted by atomic mass is 9.89. The van der Waals surface area contributed by atoms with Gasteiger partial charge in [-0.1, -0.05) is 24.3 Å². The fourth-order valence-corrected chi connectivity index (χ4v) is 4.16. The number of nitrogens with zero attached hydrogens (tertiary/aromatic N) is 2. The number of likely N-dealkylation sites (tertiary alicyclic amines) is 1. The highest BCUT2D eigenvalue weighted by Crippen LogP contribution is 2.30. The maximum absolute atomic E-state index is 12.8. The number of ether oxygens (including phenoxy) is 2. The zero-order valence-electron chi connectivity index (χ0n) is 14.7. The molecule has 0 radical (unpaired) electrons. The SMILES string of the molecule is COC(=O)C1CN(C(=O)C(=O)N2CC3CCC(C2)O3)Cc2ccccc21. The Morgan fingerprint density at radius 2 is 1.65 bits per heavy atom. The maximum Gasteiger partial charge on any atom is 0.314 e. The average molecular weight is 358 g/mol. The Labute approximate surface area is 151 Å². The molecule has 2 saturated heterocycles. The molecule has 26 heavy (non-hydrogen) atoms. The number of methoxy groups -OCH3 is 1. The van der Waals surface area contributed by atoms with E-state index in [2.05, 4.69) is 0 Å². The maximum atomic E-state index is 12.8. The summed E-state index contributed by atoms with van der Waals surface area (Å²) in [5.74, 6) is -2.03. The molecule has 3 unspecified atom stereocenters. The lowest BCUT2D eigenvalue weighted by Crippen LogP contribution is -2.53. The van der Waals surface area contributed by atoms with Crippen molar-refractivity contribution in [2.75, 3.05) is 26.7 Å². The van der Waals surface area contributed by atoms with E-state index < -0.39 is 23.7 Å². The van der Waals surface area contributed by atoms with Crippen molar-refractivity contribution in [3.63, 3.8) is 0 Å². The lowest BCUT2D eigenvalue weighted by Gasteiger charge is -2.36. The van der Waals surface area contributed by atoms with Gasteiger partial charge in [-0.2, -0.15) is 0 Å². The first-order valence-electron chi connectivity index (χ1n) is 8.96. The normalized spacial score (nSPS) is 27.0. The van der Waals surface area contributed by atoms with Crippen LogP contribution in [0.4, 0.5) is 0 Å². The fraction of sp³-hybridized carbons (Fsp3) is 0.526. The van der Waals surface area contributed by atoms with E-state index in [4.69, 9.17) is 9.47 Å². The quantitative estimate of drug-likeness (QED) is 0.545. The predicted octanol–water partition coefficient (Wildman–Crippen LogP) is 0.675. The largest absolute Gasteiger partial charge is 0.468 e. The molecule has 7 heteroatoms. The van der Waals surface area contributed by atoms with Gasteiger partial charge in [0.2, 0.25) is 0 Å². The number of benzene rings is 1. The molecule has 3 atom stereocenters. The topological polar surface area (TPSA) is 76.2 Å². The summed E-state index contributed by atoms with van der Waals surface area (Å²) in [6.45, 7) is 1.41. The van der Waals surface area contributed by atoms with Crippen LogP contribution in [0.5, 0.6) is 0 Å². The molecule has 1 aromatic carbocycles.